The standard InChI is InChI=1S/C20H26N2OS/c1-4-15(3)21-13-19(23)22-11-9-18-17(10-12-24-18)20(22)16-8-6-5-7-14(16)2/h5-8,10,12,15,20-21H,4,9,11,13H2,1-3H3/p+1/t15-,20+/m0/s1. The molecule has 1 aromatic carbocycles. The van der Waals surface area contributed by atoms with E-state index in [-0.39, 0.29) is 11.9 Å². The molecule has 0 saturated heterocycles. The fraction of sp³-hybridized carbons (Fsp3) is 0.450. The Labute approximate surface area is 148 Å². The Bertz CT molecular complexity index is 709. The number of carbonyl (C=O) groups is 1. The van der Waals surface area contributed by atoms with E-state index >= 15 is 0 Å². The van der Waals surface area contributed by atoms with E-state index in [9.17, 15) is 4.79 Å². The topological polar surface area (TPSA) is 36.9 Å². The molecule has 128 valence electrons. The van der Waals surface area contributed by atoms with E-state index in [0.717, 1.165) is 19.4 Å². The number of nitrogens with zero attached hydrogens (tertiary/aromatic N) is 1. The van der Waals surface area contributed by atoms with Crippen LogP contribution in [0.15, 0.2) is 35.7 Å². The average Bonchev–Trinajstić information content (AvgIpc) is 3.07. The second-order valence-electron chi connectivity index (χ2n) is 6.72. The largest absolute Gasteiger partial charge is 0.336 e. The molecule has 0 aliphatic carbocycles. The molecule has 1 aliphatic rings. The molecular weight excluding hydrogens is 316 g/mol. The van der Waals surface area contributed by atoms with Crippen LogP contribution in [0.3, 0.4) is 0 Å². The Morgan fingerprint density at radius 2 is 2.12 bits per heavy atom. The molecule has 2 heterocycles. The van der Waals surface area contributed by atoms with Crippen molar-refractivity contribution in [1.29, 1.82) is 0 Å². The molecule has 1 aromatic heterocycles. The summed E-state index contributed by atoms with van der Waals surface area (Å²) in [6, 6.07) is 11.2. The van der Waals surface area contributed by atoms with Gasteiger partial charge in [-0.3, -0.25) is 4.79 Å². The number of benzene rings is 1. The summed E-state index contributed by atoms with van der Waals surface area (Å²) in [6.07, 6.45) is 2.06. The van der Waals surface area contributed by atoms with E-state index in [0.29, 0.717) is 12.6 Å². The Morgan fingerprint density at radius 1 is 1.33 bits per heavy atom. The maximum atomic E-state index is 12.9. The fourth-order valence-electron chi connectivity index (χ4n) is 3.40. The number of rotatable bonds is 5. The minimum atomic E-state index is 0.0685. The van der Waals surface area contributed by atoms with E-state index in [4.69, 9.17) is 0 Å². The Morgan fingerprint density at radius 3 is 2.88 bits per heavy atom. The predicted octanol–water partition coefficient (Wildman–Crippen LogP) is 2.89. The van der Waals surface area contributed by atoms with Crippen LogP contribution in [-0.2, 0) is 11.2 Å². The van der Waals surface area contributed by atoms with Gasteiger partial charge in [0.05, 0.1) is 12.1 Å². The second kappa shape index (κ2) is 7.49. The highest BCUT2D eigenvalue weighted by Gasteiger charge is 2.33. The van der Waals surface area contributed by atoms with Gasteiger partial charge in [0.2, 0.25) is 0 Å². The van der Waals surface area contributed by atoms with Crippen molar-refractivity contribution in [2.45, 2.75) is 45.7 Å². The van der Waals surface area contributed by atoms with Gasteiger partial charge in [-0.25, -0.2) is 0 Å². The van der Waals surface area contributed by atoms with Crippen molar-refractivity contribution >= 4 is 17.2 Å². The summed E-state index contributed by atoms with van der Waals surface area (Å²) < 4.78 is 0. The third-order valence-corrected chi connectivity index (χ3v) is 6.10. The summed E-state index contributed by atoms with van der Waals surface area (Å²) in [6.45, 7) is 7.85. The van der Waals surface area contributed by atoms with Crippen LogP contribution in [0.1, 0.15) is 47.9 Å². The van der Waals surface area contributed by atoms with Crippen molar-refractivity contribution in [1.82, 2.24) is 4.90 Å². The number of thiophene rings is 1. The second-order valence-corrected chi connectivity index (χ2v) is 7.72. The first-order valence-corrected chi connectivity index (χ1v) is 9.74. The number of aryl methyl sites for hydroxylation is 1. The quantitative estimate of drug-likeness (QED) is 0.890. The van der Waals surface area contributed by atoms with Crippen molar-refractivity contribution in [2.24, 2.45) is 0 Å². The first-order valence-electron chi connectivity index (χ1n) is 8.86. The molecule has 0 unspecified atom stereocenters. The zero-order valence-electron chi connectivity index (χ0n) is 14.8. The summed E-state index contributed by atoms with van der Waals surface area (Å²) >= 11 is 1.82. The maximum Gasteiger partial charge on any atom is 0.278 e. The number of quaternary nitrogens is 1. The van der Waals surface area contributed by atoms with Crippen molar-refractivity contribution in [3.8, 4) is 0 Å². The van der Waals surface area contributed by atoms with Crippen LogP contribution in [0.25, 0.3) is 0 Å². The molecule has 4 heteroatoms. The minimum Gasteiger partial charge on any atom is -0.336 e. The van der Waals surface area contributed by atoms with Crippen LogP contribution in [0, 0.1) is 6.92 Å². The molecule has 0 spiro atoms. The van der Waals surface area contributed by atoms with Crippen LogP contribution < -0.4 is 5.32 Å². The molecule has 2 atom stereocenters. The highest BCUT2D eigenvalue weighted by molar-refractivity contribution is 7.10. The van der Waals surface area contributed by atoms with Gasteiger partial charge < -0.3 is 10.2 Å². The van der Waals surface area contributed by atoms with E-state index in [1.807, 2.05) is 11.3 Å². The van der Waals surface area contributed by atoms with Gasteiger partial charge in [-0.2, -0.15) is 0 Å². The normalized spacial score (nSPS) is 18.3. The molecule has 1 aliphatic heterocycles. The molecule has 0 saturated carbocycles. The first kappa shape index (κ1) is 17.2. The van der Waals surface area contributed by atoms with Crippen molar-refractivity contribution in [2.75, 3.05) is 13.1 Å². The Hall–Kier alpha value is -1.65. The molecule has 1 amide bonds. The summed E-state index contributed by atoms with van der Waals surface area (Å²) in [7, 11) is 0. The van der Waals surface area contributed by atoms with Gasteiger partial charge in [0.1, 0.15) is 0 Å². The molecule has 3 nitrogen and oxygen atoms in total. The van der Waals surface area contributed by atoms with Crippen LogP contribution in [-0.4, -0.2) is 29.9 Å². The number of amides is 1. The van der Waals surface area contributed by atoms with E-state index in [1.54, 1.807) is 0 Å². The third-order valence-electron chi connectivity index (χ3n) is 5.11. The van der Waals surface area contributed by atoms with Crippen LogP contribution in [0.5, 0.6) is 0 Å². The molecule has 0 bridgehead atoms. The first-order chi connectivity index (χ1) is 11.6. The molecule has 3 rings (SSSR count). The molecule has 24 heavy (non-hydrogen) atoms. The van der Waals surface area contributed by atoms with Crippen LogP contribution >= 0.6 is 11.3 Å². The number of hydrogen-bond acceptors (Lipinski definition) is 2. The molecule has 0 fully saturated rings. The lowest BCUT2D eigenvalue weighted by Gasteiger charge is -2.36. The monoisotopic (exact) mass is 343 g/mol. The Balaban J connectivity index is 1.91. The van der Waals surface area contributed by atoms with Crippen molar-refractivity contribution < 1.29 is 10.1 Å². The SMILES string of the molecule is CC[C@H](C)[NH2+]CC(=O)N1CCc2sccc2[C@H]1c1ccccc1C. The van der Waals surface area contributed by atoms with Gasteiger partial charge >= 0.3 is 0 Å². The van der Waals surface area contributed by atoms with Crippen LogP contribution in [0.2, 0.25) is 0 Å². The minimum absolute atomic E-state index is 0.0685. The van der Waals surface area contributed by atoms with Gasteiger partial charge in [0.25, 0.3) is 5.91 Å². The summed E-state index contributed by atoms with van der Waals surface area (Å²) in [4.78, 5) is 16.5. The number of nitrogens with two attached hydrogens (primary N) is 1. The molecule has 0 radical (unpaired) electrons. The lowest BCUT2D eigenvalue weighted by Crippen LogP contribution is -2.91. The number of fused-ring (bicyclic) bond motifs is 1. The molecular formula is C20H27N2OS+. The molecule has 2 N–H and O–H groups in total. The zero-order valence-corrected chi connectivity index (χ0v) is 15.6. The van der Waals surface area contributed by atoms with E-state index < -0.39 is 0 Å². The fourth-order valence-corrected chi connectivity index (χ4v) is 4.30. The van der Waals surface area contributed by atoms with Gasteiger partial charge in [0.15, 0.2) is 6.54 Å². The van der Waals surface area contributed by atoms with Gasteiger partial charge in [-0.1, -0.05) is 31.2 Å². The van der Waals surface area contributed by atoms with Crippen molar-refractivity contribution in [3.05, 3.63) is 57.3 Å². The number of carbonyl (C=O) groups excluding carboxylic acids is 1. The van der Waals surface area contributed by atoms with Gasteiger partial charge in [0, 0.05) is 11.4 Å². The predicted molar refractivity (Wildman–Crippen MR) is 99.3 cm³/mol. The lowest BCUT2D eigenvalue weighted by atomic mass is 9.90. The molecule has 2 aromatic rings. The van der Waals surface area contributed by atoms with E-state index in [1.165, 1.54) is 21.6 Å². The highest BCUT2D eigenvalue weighted by Crippen LogP contribution is 2.38. The highest BCUT2D eigenvalue weighted by atomic mass is 32.1. The summed E-state index contributed by atoms with van der Waals surface area (Å²) in [5.74, 6) is 0.250. The van der Waals surface area contributed by atoms with E-state index in [2.05, 4.69) is 66.7 Å². The van der Waals surface area contributed by atoms with Gasteiger partial charge in [-0.05, 0) is 54.8 Å². The smallest absolute Gasteiger partial charge is 0.278 e. The maximum absolute atomic E-state index is 12.9. The third kappa shape index (κ3) is 3.40. The number of hydrogen-bond donors (Lipinski definition) is 1. The van der Waals surface area contributed by atoms with Gasteiger partial charge in [-0.15, -0.1) is 11.3 Å². The average molecular weight is 344 g/mol. The van der Waals surface area contributed by atoms with Crippen LogP contribution in [0.4, 0.5) is 0 Å². The summed E-state index contributed by atoms with van der Waals surface area (Å²) in [5.41, 5.74) is 3.83. The zero-order chi connectivity index (χ0) is 17.1. The Kier molecular flexibility index (Phi) is 5.36. The lowest BCUT2D eigenvalue weighted by molar-refractivity contribution is -0.676. The van der Waals surface area contributed by atoms with Crippen molar-refractivity contribution in [3.63, 3.8) is 0 Å². The summed E-state index contributed by atoms with van der Waals surface area (Å²) in [5, 5.41) is 4.33.